The Balaban J connectivity index is 1.79. The van der Waals surface area contributed by atoms with Crippen LogP contribution in [-0.2, 0) is 13.6 Å². The normalized spacial score (nSPS) is 11.4. The lowest BCUT2D eigenvalue weighted by Gasteiger charge is -2.08. The molecule has 0 fully saturated rings. The van der Waals surface area contributed by atoms with Crippen molar-refractivity contribution >= 4 is 10.9 Å². The van der Waals surface area contributed by atoms with Crippen LogP contribution < -0.4 is 5.32 Å². The third-order valence-corrected chi connectivity index (χ3v) is 4.51. The number of nitrogens with one attached hydrogen (secondary N) is 1. The largest absolute Gasteiger partial charge is 0.346 e. The molecule has 0 radical (unpaired) electrons. The summed E-state index contributed by atoms with van der Waals surface area (Å²) in [5.41, 5.74) is 4.18. The number of para-hydroxylation sites is 1. The van der Waals surface area contributed by atoms with Crippen molar-refractivity contribution in [2.75, 3.05) is 6.54 Å². The molecule has 2 nitrogen and oxygen atoms in total. The van der Waals surface area contributed by atoms with E-state index in [0.29, 0.717) is 0 Å². The van der Waals surface area contributed by atoms with Gasteiger partial charge in [-0.1, -0.05) is 57.2 Å². The molecule has 2 rings (SSSR count). The van der Waals surface area contributed by atoms with Gasteiger partial charge in [0.1, 0.15) is 0 Å². The zero-order valence-electron chi connectivity index (χ0n) is 13.9. The van der Waals surface area contributed by atoms with Crippen molar-refractivity contribution in [3.63, 3.8) is 0 Å². The molecule has 0 spiro atoms. The number of aryl methyl sites for hydroxylation is 2. The Kier molecular flexibility index (Phi) is 6.31. The monoisotopic (exact) mass is 286 g/mol. The van der Waals surface area contributed by atoms with Gasteiger partial charge in [-0.2, -0.15) is 0 Å². The molecule has 0 amide bonds. The maximum atomic E-state index is 3.61. The molecule has 0 saturated heterocycles. The fourth-order valence-electron chi connectivity index (χ4n) is 3.12. The van der Waals surface area contributed by atoms with Crippen LogP contribution in [0.2, 0.25) is 0 Å². The molecular formula is C19H30N2. The number of hydrogen-bond acceptors (Lipinski definition) is 1. The van der Waals surface area contributed by atoms with E-state index in [9.17, 15) is 0 Å². The molecule has 1 aromatic heterocycles. The van der Waals surface area contributed by atoms with E-state index in [1.165, 1.54) is 60.7 Å². The molecule has 1 N–H and O–H groups in total. The van der Waals surface area contributed by atoms with Crippen LogP contribution in [0.15, 0.2) is 24.3 Å². The summed E-state index contributed by atoms with van der Waals surface area (Å²) in [6, 6.07) is 8.68. The molecule has 1 heterocycles. The fourth-order valence-corrected chi connectivity index (χ4v) is 3.12. The molecule has 2 aromatic rings. The molecule has 0 atom stereocenters. The summed E-state index contributed by atoms with van der Waals surface area (Å²) in [6.45, 7) is 6.62. The van der Waals surface area contributed by atoms with Gasteiger partial charge in [-0.25, -0.2) is 0 Å². The quantitative estimate of drug-likeness (QED) is 0.646. The van der Waals surface area contributed by atoms with Crippen LogP contribution in [0, 0.1) is 6.92 Å². The van der Waals surface area contributed by atoms with E-state index in [1.807, 2.05) is 0 Å². The zero-order valence-corrected chi connectivity index (χ0v) is 13.9. The first-order chi connectivity index (χ1) is 10.3. The Bertz CT molecular complexity index is 515. The topological polar surface area (TPSA) is 17.0 Å². The van der Waals surface area contributed by atoms with Gasteiger partial charge in [-0.05, 0) is 31.5 Å². The minimum Gasteiger partial charge on any atom is -0.346 e. The van der Waals surface area contributed by atoms with Gasteiger partial charge in [0.15, 0.2) is 0 Å². The lowest BCUT2D eigenvalue weighted by molar-refractivity contribution is 0.565. The van der Waals surface area contributed by atoms with E-state index in [0.717, 1.165) is 13.1 Å². The molecule has 0 aliphatic carbocycles. The number of rotatable bonds is 9. The summed E-state index contributed by atoms with van der Waals surface area (Å²) >= 11 is 0. The highest BCUT2D eigenvalue weighted by Crippen LogP contribution is 2.24. The van der Waals surface area contributed by atoms with Crippen LogP contribution in [0.4, 0.5) is 0 Å². The van der Waals surface area contributed by atoms with Crippen LogP contribution in [0.25, 0.3) is 10.9 Å². The summed E-state index contributed by atoms with van der Waals surface area (Å²) in [7, 11) is 2.18. The van der Waals surface area contributed by atoms with Crippen LogP contribution in [0.1, 0.15) is 56.7 Å². The summed E-state index contributed by atoms with van der Waals surface area (Å²) in [5.74, 6) is 0. The maximum Gasteiger partial charge on any atom is 0.0483 e. The summed E-state index contributed by atoms with van der Waals surface area (Å²) in [5, 5.41) is 5.00. The van der Waals surface area contributed by atoms with Gasteiger partial charge in [0.2, 0.25) is 0 Å². The van der Waals surface area contributed by atoms with Crippen molar-refractivity contribution in [3.05, 3.63) is 35.5 Å². The highest BCUT2D eigenvalue weighted by molar-refractivity contribution is 5.85. The second-order valence-corrected chi connectivity index (χ2v) is 6.09. The smallest absolute Gasteiger partial charge is 0.0483 e. The van der Waals surface area contributed by atoms with E-state index in [2.05, 4.69) is 55.0 Å². The number of aromatic nitrogens is 1. The first kappa shape index (κ1) is 16.1. The second-order valence-electron chi connectivity index (χ2n) is 6.09. The van der Waals surface area contributed by atoms with E-state index >= 15 is 0 Å². The molecular weight excluding hydrogens is 256 g/mol. The Labute approximate surface area is 129 Å². The van der Waals surface area contributed by atoms with Gasteiger partial charge in [-0.15, -0.1) is 0 Å². The summed E-state index contributed by atoms with van der Waals surface area (Å²) in [6.07, 6.45) is 8.18. The van der Waals surface area contributed by atoms with Gasteiger partial charge < -0.3 is 9.88 Å². The molecule has 2 heteroatoms. The predicted octanol–water partition coefficient (Wildman–Crippen LogP) is 4.94. The zero-order chi connectivity index (χ0) is 15.1. The number of unbranched alkanes of at least 4 members (excludes halogenated alkanes) is 5. The van der Waals surface area contributed by atoms with Crippen LogP contribution in [0.3, 0.4) is 0 Å². The highest BCUT2D eigenvalue weighted by Gasteiger charge is 2.10. The number of hydrogen-bond donors (Lipinski definition) is 1. The molecule has 0 unspecified atom stereocenters. The molecule has 0 saturated carbocycles. The lowest BCUT2D eigenvalue weighted by atomic mass is 10.1. The Morgan fingerprint density at radius 2 is 1.71 bits per heavy atom. The van der Waals surface area contributed by atoms with E-state index < -0.39 is 0 Å². The van der Waals surface area contributed by atoms with Crippen molar-refractivity contribution in [1.29, 1.82) is 0 Å². The van der Waals surface area contributed by atoms with Crippen LogP contribution >= 0.6 is 0 Å². The molecule has 0 bridgehead atoms. The number of benzene rings is 1. The van der Waals surface area contributed by atoms with Crippen molar-refractivity contribution in [3.8, 4) is 0 Å². The van der Waals surface area contributed by atoms with Gasteiger partial charge >= 0.3 is 0 Å². The van der Waals surface area contributed by atoms with Gasteiger partial charge in [0.05, 0.1) is 0 Å². The highest BCUT2D eigenvalue weighted by atomic mass is 15.0. The Morgan fingerprint density at radius 3 is 2.48 bits per heavy atom. The molecule has 0 aliphatic rings. The van der Waals surface area contributed by atoms with Crippen LogP contribution in [-0.4, -0.2) is 11.1 Å². The maximum absolute atomic E-state index is 3.61. The third-order valence-electron chi connectivity index (χ3n) is 4.51. The van der Waals surface area contributed by atoms with E-state index in [4.69, 9.17) is 0 Å². The standard InChI is InChI=1S/C19H30N2/c1-4-5-6-7-8-11-14-20-15-19-16(2)17-12-9-10-13-18(17)21(19)3/h9-10,12-13,20H,4-8,11,14-15H2,1-3H3. The van der Waals surface area contributed by atoms with Gasteiger partial charge in [0.25, 0.3) is 0 Å². The summed E-state index contributed by atoms with van der Waals surface area (Å²) < 4.78 is 2.33. The number of fused-ring (bicyclic) bond motifs is 1. The molecule has 1 aromatic carbocycles. The minimum absolute atomic E-state index is 0.978. The lowest BCUT2D eigenvalue weighted by Crippen LogP contribution is -2.17. The Hall–Kier alpha value is -1.28. The van der Waals surface area contributed by atoms with Crippen molar-refractivity contribution in [2.45, 2.75) is 58.9 Å². The Morgan fingerprint density at radius 1 is 1.00 bits per heavy atom. The number of nitrogens with zero attached hydrogens (tertiary/aromatic N) is 1. The minimum atomic E-state index is 0.978. The first-order valence-corrected chi connectivity index (χ1v) is 8.49. The average molecular weight is 286 g/mol. The fraction of sp³-hybridized carbons (Fsp3) is 0.579. The summed E-state index contributed by atoms with van der Waals surface area (Å²) in [4.78, 5) is 0. The van der Waals surface area contributed by atoms with Gasteiger partial charge in [-0.3, -0.25) is 0 Å². The second kappa shape index (κ2) is 8.23. The van der Waals surface area contributed by atoms with Gasteiger partial charge in [0, 0.05) is 30.2 Å². The van der Waals surface area contributed by atoms with E-state index in [1.54, 1.807) is 0 Å². The first-order valence-electron chi connectivity index (χ1n) is 8.49. The van der Waals surface area contributed by atoms with Crippen molar-refractivity contribution < 1.29 is 0 Å². The molecule has 116 valence electrons. The molecule has 21 heavy (non-hydrogen) atoms. The van der Waals surface area contributed by atoms with Crippen molar-refractivity contribution in [2.24, 2.45) is 7.05 Å². The SMILES string of the molecule is CCCCCCCCNCc1c(C)c2ccccc2n1C. The predicted molar refractivity (Wildman–Crippen MR) is 92.7 cm³/mol. The van der Waals surface area contributed by atoms with Crippen molar-refractivity contribution in [1.82, 2.24) is 9.88 Å². The third kappa shape index (κ3) is 4.10. The average Bonchev–Trinajstić information content (AvgIpc) is 2.75. The van der Waals surface area contributed by atoms with Crippen LogP contribution in [0.5, 0.6) is 0 Å². The van der Waals surface area contributed by atoms with E-state index in [-0.39, 0.29) is 0 Å². The molecule has 0 aliphatic heterocycles.